The van der Waals surface area contributed by atoms with Crippen LogP contribution in [0.5, 0.6) is 0 Å². The van der Waals surface area contributed by atoms with E-state index in [0.717, 1.165) is 16.8 Å². The number of amides is 1. The van der Waals surface area contributed by atoms with Gasteiger partial charge in [0.15, 0.2) is 0 Å². The largest absolute Gasteiger partial charge is 0.444 e. The van der Waals surface area contributed by atoms with Gasteiger partial charge in [0.2, 0.25) is 0 Å². The smallest absolute Gasteiger partial charge is 0.410 e. The SMILES string of the molecule is CNc1cccc(C(C#N)=C2CCN(C(=O)OC(C)(C)C)CC2)c1C=N. The molecule has 26 heavy (non-hydrogen) atoms. The van der Waals surface area contributed by atoms with Gasteiger partial charge in [-0.3, -0.25) is 0 Å². The Morgan fingerprint density at radius 3 is 2.50 bits per heavy atom. The fourth-order valence-corrected chi connectivity index (χ4v) is 3.02. The van der Waals surface area contributed by atoms with Crippen molar-refractivity contribution in [3.63, 3.8) is 0 Å². The number of allylic oxidation sites excluding steroid dienone is 1. The van der Waals surface area contributed by atoms with Crippen molar-refractivity contribution in [2.24, 2.45) is 0 Å². The van der Waals surface area contributed by atoms with Crippen LogP contribution in [0.15, 0.2) is 23.8 Å². The van der Waals surface area contributed by atoms with E-state index in [4.69, 9.17) is 10.1 Å². The third kappa shape index (κ3) is 4.42. The molecule has 0 aromatic heterocycles. The van der Waals surface area contributed by atoms with Crippen molar-refractivity contribution in [1.82, 2.24) is 4.90 Å². The molecule has 0 bridgehead atoms. The molecular formula is C20H26N4O2. The Hall–Kier alpha value is -2.81. The van der Waals surface area contributed by atoms with Crippen LogP contribution < -0.4 is 5.32 Å². The van der Waals surface area contributed by atoms with Crippen LogP contribution in [0.4, 0.5) is 10.5 Å². The number of ether oxygens (including phenoxy) is 1. The highest BCUT2D eigenvalue weighted by molar-refractivity contribution is 5.96. The predicted molar refractivity (Wildman–Crippen MR) is 103 cm³/mol. The highest BCUT2D eigenvalue weighted by atomic mass is 16.6. The third-order valence-corrected chi connectivity index (χ3v) is 4.27. The minimum absolute atomic E-state index is 0.313. The third-order valence-electron chi connectivity index (χ3n) is 4.27. The maximum atomic E-state index is 12.2. The molecule has 1 saturated heterocycles. The molecule has 2 N–H and O–H groups in total. The molecule has 1 aliphatic rings. The zero-order valence-electron chi connectivity index (χ0n) is 15.8. The maximum Gasteiger partial charge on any atom is 0.410 e. The molecule has 1 aliphatic heterocycles. The zero-order valence-corrected chi connectivity index (χ0v) is 15.8. The topological polar surface area (TPSA) is 89.2 Å². The number of carbonyl (C=O) groups excluding carboxylic acids is 1. The molecule has 1 fully saturated rings. The molecule has 0 atom stereocenters. The molecular weight excluding hydrogens is 328 g/mol. The van der Waals surface area contributed by atoms with Gasteiger partial charge in [0.25, 0.3) is 0 Å². The van der Waals surface area contributed by atoms with Crippen molar-refractivity contribution < 1.29 is 9.53 Å². The Labute approximate surface area is 155 Å². The van der Waals surface area contributed by atoms with E-state index in [1.807, 2.05) is 39.0 Å². The average molecular weight is 354 g/mol. The molecule has 0 aliphatic carbocycles. The van der Waals surface area contributed by atoms with Crippen LogP contribution >= 0.6 is 0 Å². The summed E-state index contributed by atoms with van der Waals surface area (Å²) in [5.74, 6) is 0. The number of likely N-dealkylation sites (tertiary alicyclic amines) is 1. The lowest BCUT2D eigenvalue weighted by Crippen LogP contribution is -2.40. The van der Waals surface area contributed by atoms with Gasteiger partial charge in [-0.05, 0) is 45.3 Å². The van der Waals surface area contributed by atoms with Crippen molar-refractivity contribution >= 4 is 23.6 Å². The maximum absolute atomic E-state index is 12.2. The average Bonchev–Trinajstić information content (AvgIpc) is 2.61. The zero-order chi connectivity index (χ0) is 19.3. The van der Waals surface area contributed by atoms with Crippen molar-refractivity contribution in [3.8, 4) is 6.07 Å². The summed E-state index contributed by atoms with van der Waals surface area (Å²) in [6, 6.07) is 7.94. The summed E-state index contributed by atoms with van der Waals surface area (Å²) in [5, 5.41) is 20.5. The number of nitrogens with zero attached hydrogens (tertiary/aromatic N) is 2. The van der Waals surface area contributed by atoms with Crippen molar-refractivity contribution in [1.29, 1.82) is 10.7 Å². The fourth-order valence-electron chi connectivity index (χ4n) is 3.02. The lowest BCUT2D eigenvalue weighted by atomic mass is 9.91. The van der Waals surface area contributed by atoms with Gasteiger partial charge in [-0.1, -0.05) is 12.1 Å². The van der Waals surface area contributed by atoms with E-state index in [1.165, 1.54) is 6.21 Å². The Kier molecular flexibility index (Phi) is 6.04. The molecule has 0 spiro atoms. The van der Waals surface area contributed by atoms with E-state index >= 15 is 0 Å². The summed E-state index contributed by atoms with van der Waals surface area (Å²) in [4.78, 5) is 13.9. The Bertz CT molecular complexity index is 759. The number of benzene rings is 1. The van der Waals surface area contributed by atoms with Gasteiger partial charge in [0.05, 0.1) is 11.6 Å². The first-order valence-corrected chi connectivity index (χ1v) is 8.72. The van der Waals surface area contributed by atoms with Crippen molar-refractivity contribution in [2.45, 2.75) is 39.2 Å². The first-order valence-electron chi connectivity index (χ1n) is 8.72. The number of anilines is 1. The molecule has 1 aromatic carbocycles. The highest BCUT2D eigenvalue weighted by Crippen LogP contribution is 2.31. The van der Waals surface area contributed by atoms with Gasteiger partial charge in [0, 0.05) is 43.2 Å². The van der Waals surface area contributed by atoms with Crippen molar-refractivity contribution in [3.05, 3.63) is 34.9 Å². The molecule has 2 rings (SSSR count). The molecule has 1 heterocycles. The quantitative estimate of drug-likeness (QED) is 0.633. The Morgan fingerprint density at radius 1 is 1.35 bits per heavy atom. The van der Waals surface area contributed by atoms with Gasteiger partial charge in [0.1, 0.15) is 5.60 Å². The number of carbonyl (C=O) groups is 1. The minimum atomic E-state index is -0.516. The normalized spacial score (nSPS) is 14.4. The monoisotopic (exact) mass is 354 g/mol. The van der Waals surface area contributed by atoms with E-state index in [1.54, 1.807) is 11.9 Å². The second-order valence-electron chi connectivity index (χ2n) is 7.22. The Morgan fingerprint density at radius 2 is 2.00 bits per heavy atom. The van der Waals surface area contributed by atoms with E-state index < -0.39 is 5.60 Å². The predicted octanol–water partition coefficient (Wildman–Crippen LogP) is 4.03. The molecule has 1 aromatic rings. The molecule has 0 unspecified atom stereocenters. The molecule has 0 radical (unpaired) electrons. The first kappa shape index (κ1) is 19.5. The van der Waals surface area contributed by atoms with Crippen LogP contribution in [0.3, 0.4) is 0 Å². The summed E-state index contributed by atoms with van der Waals surface area (Å²) < 4.78 is 5.42. The molecule has 138 valence electrons. The van der Waals surface area contributed by atoms with Gasteiger partial charge < -0.3 is 20.4 Å². The lowest BCUT2D eigenvalue weighted by Gasteiger charge is -2.31. The number of nitrogens with one attached hydrogen (secondary N) is 2. The standard InChI is InChI=1S/C20H26N4O2/c1-20(2,3)26-19(25)24-10-8-14(9-11-24)16(12-21)15-6-5-7-18(23-4)17(15)13-22/h5-7,13,22-23H,8-11H2,1-4H3. The summed E-state index contributed by atoms with van der Waals surface area (Å²) in [7, 11) is 1.80. The molecule has 1 amide bonds. The number of hydrogen-bond acceptors (Lipinski definition) is 5. The summed E-state index contributed by atoms with van der Waals surface area (Å²) >= 11 is 0. The lowest BCUT2D eigenvalue weighted by molar-refractivity contribution is 0.0236. The molecule has 6 heteroatoms. The van der Waals surface area contributed by atoms with E-state index in [2.05, 4.69) is 11.4 Å². The van der Waals surface area contributed by atoms with Crippen LogP contribution in [-0.2, 0) is 4.74 Å². The second-order valence-corrected chi connectivity index (χ2v) is 7.22. The van der Waals surface area contributed by atoms with Gasteiger partial charge in [-0.15, -0.1) is 0 Å². The number of rotatable bonds is 3. The van der Waals surface area contributed by atoms with Gasteiger partial charge >= 0.3 is 6.09 Å². The molecule has 0 saturated carbocycles. The summed E-state index contributed by atoms with van der Waals surface area (Å²) in [6.07, 6.45) is 2.22. The van der Waals surface area contributed by atoms with Crippen LogP contribution in [0.2, 0.25) is 0 Å². The van der Waals surface area contributed by atoms with Gasteiger partial charge in [-0.25, -0.2) is 4.79 Å². The van der Waals surface area contributed by atoms with Gasteiger partial charge in [-0.2, -0.15) is 5.26 Å². The van der Waals surface area contributed by atoms with E-state index in [0.29, 0.717) is 37.1 Å². The number of nitriles is 1. The number of piperidine rings is 1. The first-order chi connectivity index (χ1) is 12.3. The summed E-state index contributed by atoms with van der Waals surface area (Å²) in [5.41, 5.74) is 3.38. The van der Waals surface area contributed by atoms with Crippen molar-refractivity contribution in [2.75, 3.05) is 25.5 Å². The fraction of sp³-hybridized carbons (Fsp3) is 0.450. The number of hydrogen-bond donors (Lipinski definition) is 2. The van der Waals surface area contributed by atoms with Crippen LogP contribution in [0.25, 0.3) is 5.57 Å². The summed E-state index contributed by atoms with van der Waals surface area (Å²) in [6.45, 7) is 6.60. The van der Waals surface area contributed by atoms with E-state index in [9.17, 15) is 10.1 Å². The highest BCUT2D eigenvalue weighted by Gasteiger charge is 2.26. The minimum Gasteiger partial charge on any atom is -0.444 e. The molecule has 6 nitrogen and oxygen atoms in total. The second kappa shape index (κ2) is 8.05. The van der Waals surface area contributed by atoms with Crippen LogP contribution in [-0.4, -0.2) is 42.9 Å². The Balaban J connectivity index is 2.25. The van der Waals surface area contributed by atoms with Crippen LogP contribution in [0.1, 0.15) is 44.7 Å². The van der Waals surface area contributed by atoms with Crippen LogP contribution in [0, 0.1) is 16.7 Å². The van der Waals surface area contributed by atoms with E-state index in [-0.39, 0.29) is 6.09 Å².